The molecular weight excluding hydrogens is 411 g/mol. The molecule has 160 valence electrons. The zero-order valence-electron chi connectivity index (χ0n) is 17.2. The number of likely N-dealkylation sites (tertiary alicyclic amines) is 1. The maximum Gasteiger partial charge on any atom is 0.238 e. The van der Waals surface area contributed by atoms with Crippen LogP contribution in [0.5, 0.6) is 0 Å². The predicted molar refractivity (Wildman–Crippen MR) is 117 cm³/mol. The van der Waals surface area contributed by atoms with Gasteiger partial charge in [0.1, 0.15) is 0 Å². The number of nitrogens with one attached hydrogen (secondary N) is 1. The van der Waals surface area contributed by atoms with Crippen molar-refractivity contribution >= 4 is 40.7 Å². The molecule has 0 aliphatic carbocycles. The average Bonchev–Trinajstić information content (AvgIpc) is 2.65. The van der Waals surface area contributed by atoms with Gasteiger partial charge >= 0.3 is 0 Å². The van der Waals surface area contributed by atoms with E-state index in [0.29, 0.717) is 34.1 Å². The van der Waals surface area contributed by atoms with Crippen LogP contribution in [0.4, 0.5) is 5.69 Å². The van der Waals surface area contributed by atoms with Crippen LogP contribution in [0.25, 0.3) is 0 Å². The van der Waals surface area contributed by atoms with E-state index in [2.05, 4.69) is 29.0 Å². The molecule has 29 heavy (non-hydrogen) atoms. The van der Waals surface area contributed by atoms with Gasteiger partial charge in [-0.3, -0.25) is 19.4 Å². The Balaban J connectivity index is 1.42. The quantitative estimate of drug-likeness (QED) is 0.763. The number of halogens is 2. The summed E-state index contributed by atoms with van der Waals surface area (Å²) in [4.78, 5) is 31.3. The summed E-state index contributed by atoms with van der Waals surface area (Å²) >= 11 is 12.2. The minimum Gasteiger partial charge on any atom is -0.341 e. The lowest BCUT2D eigenvalue weighted by atomic mass is 9.92. The highest BCUT2D eigenvalue weighted by Crippen LogP contribution is 2.29. The van der Waals surface area contributed by atoms with E-state index in [1.165, 1.54) is 6.42 Å². The largest absolute Gasteiger partial charge is 0.341 e. The van der Waals surface area contributed by atoms with Gasteiger partial charge in [0.05, 0.1) is 28.8 Å². The van der Waals surface area contributed by atoms with Crippen LogP contribution >= 0.6 is 23.2 Å². The van der Waals surface area contributed by atoms with Crippen LogP contribution in [0, 0.1) is 11.8 Å². The molecule has 8 heteroatoms. The molecule has 3 rings (SSSR count). The van der Waals surface area contributed by atoms with Crippen molar-refractivity contribution < 1.29 is 9.59 Å². The summed E-state index contributed by atoms with van der Waals surface area (Å²) in [7, 11) is 0. The van der Waals surface area contributed by atoms with Crippen LogP contribution in [0.2, 0.25) is 10.0 Å². The molecule has 0 spiro atoms. The van der Waals surface area contributed by atoms with E-state index in [1.54, 1.807) is 18.2 Å². The van der Waals surface area contributed by atoms with E-state index in [9.17, 15) is 9.59 Å². The van der Waals surface area contributed by atoms with Crippen molar-refractivity contribution in [3.8, 4) is 0 Å². The minimum absolute atomic E-state index is 0.138. The summed E-state index contributed by atoms with van der Waals surface area (Å²) in [6, 6.07) is 5.14. The Morgan fingerprint density at radius 3 is 2.03 bits per heavy atom. The van der Waals surface area contributed by atoms with Crippen molar-refractivity contribution in [1.29, 1.82) is 0 Å². The zero-order chi connectivity index (χ0) is 21.0. The molecule has 0 aromatic heterocycles. The van der Waals surface area contributed by atoms with Crippen molar-refractivity contribution in [3.05, 3.63) is 28.2 Å². The summed E-state index contributed by atoms with van der Waals surface area (Å²) in [5.74, 6) is 1.23. The van der Waals surface area contributed by atoms with Crippen LogP contribution in [-0.4, -0.2) is 78.9 Å². The number of rotatable bonds is 5. The molecule has 0 saturated carbocycles. The van der Waals surface area contributed by atoms with Crippen molar-refractivity contribution in [2.75, 3.05) is 57.7 Å². The maximum atomic E-state index is 12.7. The van der Waals surface area contributed by atoms with Crippen molar-refractivity contribution in [2.45, 2.75) is 20.3 Å². The van der Waals surface area contributed by atoms with Crippen molar-refractivity contribution in [3.63, 3.8) is 0 Å². The molecule has 2 heterocycles. The first-order chi connectivity index (χ1) is 13.8. The van der Waals surface area contributed by atoms with Gasteiger partial charge < -0.3 is 10.2 Å². The first kappa shape index (κ1) is 22.3. The Labute approximate surface area is 183 Å². The fourth-order valence-electron chi connectivity index (χ4n) is 4.26. The second-order valence-electron chi connectivity index (χ2n) is 8.44. The maximum absolute atomic E-state index is 12.7. The van der Waals surface area contributed by atoms with Crippen LogP contribution in [0.1, 0.15) is 20.3 Å². The number of benzene rings is 1. The van der Waals surface area contributed by atoms with Gasteiger partial charge in [0.25, 0.3) is 0 Å². The standard InChI is InChI=1S/C21H30Cl2N4O2/c1-15-10-16(2)12-27(11-15)20(29)14-26-8-6-25(7-9-26)13-19(28)24-21-17(22)4-3-5-18(21)23/h3-5,15-16H,6-14H2,1-2H3,(H,24,28)/t15-,16-/m0/s1. The normalized spacial score (nSPS) is 23.8. The Hall–Kier alpha value is -1.34. The third-order valence-electron chi connectivity index (χ3n) is 5.64. The fraction of sp³-hybridized carbons (Fsp3) is 0.619. The molecule has 2 fully saturated rings. The second kappa shape index (κ2) is 10.1. The van der Waals surface area contributed by atoms with Crippen LogP contribution in [0.3, 0.4) is 0 Å². The molecule has 6 nitrogen and oxygen atoms in total. The molecule has 0 bridgehead atoms. The van der Waals surface area contributed by atoms with Gasteiger partial charge in [-0.15, -0.1) is 0 Å². The Morgan fingerprint density at radius 2 is 1.48 bits per heavy atom. The highest BCUT2D eigenvalue weighted by Gasteiger charge is 2.27. The number of nitrogens with zero attached hydrogens (tertiary/aromatic N) is 3. The number of piperidine rings is 1. The molecule has 2 saturated heterocycles. The van der Waals surface area contributed by atoms with Crippen LogP contribution < -0.4 is 5.32 Å². The molecule has 1 N–H and O–H groups in total. The Kier molecular flexibility index (Phi) is 7.79. The summed E-state index contributed by atoms with van der Waals surface area (Å²) in [5, 5.41) is 3.65. The fourth-order valence-corrected chi connectivity index (χ4v) is 4.75. The summed E-state index contributed by atoms with van der Waals surface area (Å²) in [5.41, 5.74) is 0.454. The van der Waals surface area contributed by atoms with E-state index < -0.39 is 0 Å². The molecule has 2 atom stereocenters. The van der Waals surface area contributed by atoms with E-state index in [1.807, 2.05) is 4.90 Å². The lowest BCUT2D eigenvalue weighted by Crippen LogP contribution is -2.52. The molecule has 2 aliphatic rings. The lowest BCUT2D eigenvalue weighted by molar-refractivity contribution is -0.135. The van der Waals surface area contributed by atoms with Crippen LogP contribution in [0.15, 0.2) is 18.2 Å². The summed E-state index contributed by atoms with van der Waals surface area (Å²) < 4.78 is 0. The number of para-hydroxylation sites is 1. The van der Waals surface area contributed by atoms with Gasteiger partial charge in [-0.25, -0.2) is 0 Å². The highest BCUT2D eigenvalue weighted by molar-refractivity contribution is 6.39. The van der Waals surface area contributed by atoms with Gasteiger partial charge in [0.2, 0.25) is 11.8 Å². The van der Waals surface area contributed by atoms with E-state index in [-0.39, 0.29) is 18.4 Å². The van der Waals surface area contributed by atoms with Gasteiger partial charge in [0, 0.05) is 39.3 Å². The molecule has 1 aromatic rings. The third-order valence-corrected chi connectivity index (χ3v) is 6.27. The summed E-state index contributed by atoms with van der Waals surface area (Å²) in [6.07, 6.45) is 1.20. The Morgan fingerprint density at radius 1 is 0.966 bits per heavy atom. The lowest BCUT2D eigenvalue weighted by Gasteiger charge is -2.38. The number of carbonyl (C=O) groups excluding carboxylic acids is 2. The zero-order valence-corrected chi connectivity index (χ0v) is 18.7. The monoisotopic (exact) mass is 440 g/mol. The SMILES string of the molecule is C[C@H]1C[C@H](C)CN(C(=O)CN2CCN(CC(=O)Nc3c(Cl)cccc3Cl)CC2)C1. The number of hydrogen-bond donors (Lipinski definition) is 1. The number of hydrogen-bond acceptors (Lipinski definition) is 4. The second-order valence-corrected chi connectivity index (χ2v) is 9.26. The van der Waals surface area contributed by atoms with E-state index >= 15 is 0 Å². The minimum atomic E-state index is -0.138. The van der Waals surface area contributed by atoms with Crippen molar-refractivity contribution in [2.24, 2.45) is 11.8 Å². The molecule has 0 unspecified atom stereocenters. The Bertz CT molecular complexity index is 707. The first-order valence-electron chi connectivity index (χ1n) is 10.3. The molecule has 1 aromatic carbocycles. The van der Waals surface area contributed by atoms with Gasteiger partial charge in [0.15, 0.2) is 0 Å². The predicted octanol–water partition coefficient (Wildman–Crippen LogP) is 3.05. The molecule has 2 aliphatic heterocycles. The highest BCUT2D eigenvalue weighted by atomic mass is 35.5. The van der Waals surface area contributed by atoms with E-state index in [0.717, 1.165) is 39.3 Å². The smallest absolute Gasteiger partial charge is 0.238 e. The van der Waals surface area contributed by atoms with Crippen molar-refractivity contribution in [1.82, 2.24) is 14.7 Å². The van der Waals surface area contributed by atoms with Crippen LogP contribution in [-0.2, 0) is 9.59 Å². The topological polar surface area (TPSA) is 55.9 Å². The number of piperazine rings is 1. The number of amides is 2. The van der Waals surface area contributed by atoms with E-state index in [4.69, 9.17) is 23.2 Å². The van der Waals surface area contributed by atoms with Gasteiger partial charge in [-0.05, 0) is 30.4 Å². The number of anilines is 1. The van der Waals surface area contributed by atoms with Gasteiger partial charge in [-0.1, -0.05) is 43.1 Å². The third kappa shape index (κ3) is 6.32. The number of carbonyl (C=O) groups is 2. The summed E-state index contributed by atoms with van der Waals surface area (Å²) in [6.45, 7) is 10.00. The molecule has 2 amide bonds. The molecular formula is C21H30Cl2N4O2. The van der Waals surface area contributed by atoms with Gasteiger partial charge in [-0.2, -0.15) is 0 Å². The first-order valence-corrected chi connectivity index (χ1v) is 11.0. The average molecular weight is 441 g/mol. The molecule has 0 radical (unpaired) electrons.